The maximum absolute atomic E-state index is 12.1. The number of hydrogen-bond acceptors (Lipinski definition) is 6. The lowest BCUT2D eigenvalue weighted by molar-refractivity contribution is -0.132. The number of nitrogens with zero attached hydrogens (tertiary/aromatic N) is 2. The van der Waals surface area contributed by atoms with Gasteiger partial charge in [0.25, 0.3) is 0 Å². The minimum Gasteiger partial charge on any atom is -0.335 e. The second-order valence-electron chi connectivity index (χ2n) is 6.02. The van der Waals surface area contributed by atoms with E-state index in [1.165, 1.54) is 16.2 Å². The summed E-state index contributed by atoms with van der Waals surface area (Å²) in [5.74, 6) is -0.344. The molecular weight excluding hydrogens is 326 g/mol. The minimum atomic E-state index is -0.244. The molecule has 0 radical (unpaired) electrons. The molecule has 0 unspecified atom stereocenters. The van der Waals surface area contributed by atoms with Crippen LogP contribution in [0.4, 0.5) is 5.13 Å². The molecule has 1 saturated heterocycles. The van der Waals surface area contributed by atoms with E-state index in [1.807, 2.05) is 25.1 Å². The number of hydrogen-bond donors (Lipinski definition) is 3. The lowest BCUT2D eigenvalue weighted by Gasteiger charge is -2.28. The summed E-state index contributed by atoms with van der Waals surface area (Å²) in [5, 5.41) is 9.60. The average molecular weight is 347 g/mol. The molecule has 8 heteroatoms. The molecule has 1 aromatic heterocycles. The van der Waals surface area contributed by atoms with E-state index in [4.69, 9.17) is 0 Å². The number of likely N-dealkylation sites (N-methyl/N-ethyl adjacent to an activating group) is 1. The number of carbonyl (C=O) groups excluding carboxylic acids is 2. The van der Waals surface area contributed by atoms with Crippen molar-refractivity contribution in [2.24, 2.45) is 0 Å². The van der Waals surface area contributed by atoms with Crippen molar-refractivity contribution in [2.45, 2.75) is 13.0 Å². The number of anilines is 1. The van der Waals surface area contributed by atoms with Crippen LogP contribution in [0.25, 0.3) is 10.2 Å². The van der Waals surface area contributed by atoms with Crippen LogP contribution < -0.4 is 16.0 Å². The van der Waals surface area contributed by atoms with Gasteiger partial charge in [-0.2, -0.15) is 0 Å². The predicted octanol–water partition coefficient (Wildman–Crippen LogP) is 0.563. The Balaban J connectivity index is 1.50. The van der Waals surface area contributed by atoms with E-state index in [2.05, 4.69) is 20.9 Å². The highest BCUT2D eigenvalue weighted by Crippen LogP contribution is 2.26. The fourth-order valence-electron chi connectivity index (χ4n) is 2.35. The molecule has 7 nitrogen and oxygen atoms in total. The summed E-state index contributed by atoms with van der Waals surface area (Å²) in [4.78, 5) is 29.9. The van der Waals surface area contributed by atoms with E-state index in [0.717, 1.165) is 28.9 Å². The van der Waals surface area contributed by atoms with E-state index in [9.17, 15) is 9.59 Å². The van der Waals surface area contributed by atoms with E-state index in [1.54, 1.807) is 7.05 Å². The van der Waals surface area contributed by atoms with Crippen LogP contribution in [0.2, 0.25) is 0 Å². The normalized spacial score (nSPS) is 14.4. The Morgan fingerprint density at radius 2 is 2.21 bits per heavy atom. The van der Waals surface area contributed by atoms with Gasteiger partial charge in [-0.15, -0.1) is 0 Å². The zero-order valence-electron chi connectivity index (χ0n) is 13.8. The third-order valence-corrected chi connectivity index (χ3v) is 4.85. The zero-order chi connectivity index (χ0) is 17.1. The van der Waals surface area contributed by atoms with Gasteiger partial charge in [0, 0.05) is 26.2 Å². The molecule has 24 heavy (non-hydrogen) atoms. The molecule has 1 aliphatic rings. The molecule has 0 aliphatic carbocycles. The van der Waals surface area contributed by atoms with Crippen molar-refractivity contribution in [2.75, 3.05) is 38.5 Å². The maximum atomic E-state index is 12.1. The first-order valence-corrected chi connectivity index (χ1v) is 8.68. The van der Waals surface area contributed by atoms with Gasteiger partial charge in [-0.3, -0.25) is 9.59 Å². The van der Waals surface area contributed by atoms with Crippen LogP contribution in [-0.2, 0) is 9.59 Å². The smallest absolute Gasteiger partial charge is 0.245 e. The Bertz CT molecular complexity index is 756. The summed E-state index contributed by atoms with van der Waals surface area (Å²) in [7, 11) is 1.63. The van der Waals surface area contributed by atoms with Gasteiger partial charge < -0.3 is 20.9 Å². The molecule has 3 rings (SSSR count). The number of carbonyl (C=O) groups is 2. The summed E-state index contributed by atoms with van der Waals surface area (Å²) in [6, 6.07) is 6.32. The molecule has 0 saturated carbocycles. The van der Waals surface area contributed by atoms with Crippen LogP contribution in [0.5, 0.6) is 0 Å². The first-order chi connectivity index (χ1) is 11.5. The van der Waals surface area contributed by atoms with Crippen LogP contribution in [0.15, 0.2) is 18.2 Å². The Hall–Kier alpha value is -2.03. The highest BCUT2D eigenvalue weighted by molar-refractivity contribution is 7.22. The maximum Gasteiger partial charge on any atom is 0.245 e. The minimum absolute atomic E-state index is 0.0123. The lowest BCUT2D eigenvalue weighted by atomic mass is 10.2. The number of thiazole rings is 1. The molecule has 2 heterocycles. The van der Waals surface area contributed by atoms with Crippen LogP contribution in [-0.4, -0.2) is 61.0 Å². The SMILES string of the molecule is Cc1ccc2nc(NC(=O)CN(C)C(=O)CNC3CNC3)sc2c1. The monoisotopic (exact) mass is 347 g/mol. The summed E-state index contributed by atoms with van der Waals surface area (Å²) in [6.07, 6.45) is 0. The third-order valence-electron chi connectivity index (χ3n) is 3.92. The van der Waals surface area contributed by atoms with Gasteiger partial charge in [-0.25, -0.2) is 4.98 Å². The van der Waals surface area contributed by atoms with Gasteiger partial charge in [-0.05, 0) is 24.6 Å². The molecule has 0 bridgehead atoms. The van der Waals surface area contributed by atoms with Gasteiger partial charge in [0.15, 0.2) is 5.13 Å². The highest BCUT2D eigenvalue weighted by atomic mass is 32.1. The van der Waals surface area contributed by atoms with Gasteiger partial charge in [0.2, 0.25) is 11.8 Å². The summed E-state index contributed by atoms with van der Waals surface area (Å²) >= 11 is 1.43. The second kappa shape index (κ2) is 7.25. The molecule has 2 amide bonds. The topological polar surface area (TPSA) is 86.4 Å². The second-order valence-corrected chi connectivity index (χ2v) is 7.05. The fourth-order valence-corrected chi connectivity index (χ4v) is 3.33. The first-order valence-electron chi connectivity index (χ1n) is 7.86. The highest BCUT2D eigenvalue weighted by Gasteiger charge is 2.19. The van der Waals surface area contributed by atoms with Gasteiger partial charge in [0.1, 0.15) is 0 Å². The van der Waals surface area contributed by atoms with Crippen LogP contribution in [0.1, 0.15) is 5.56 Å². The molecule has 1 aromatic carbocycles. The summed E-state index contributed by atoms with van der Waals surface area (Å²) in [6.45, 7) is 4.05. The van der Waals surface area contributed by atoms with Crippen molar-refractivity contribution in [3.8, 4) is 0 Å². The Kier molecular flexibility index (Phi) is 5.08. The first kappa shape index (κ1) is 16.8. The number of aromatic nitrogens is 1. The number of fused-ring (bicyclic) bond motifs is 1. The lowest BCUT2D eigenvalue weighted by Crippen LogP contribution is -2.57. The predicted molar refractivity (Wildman–Crippen MR) is 95.3 cm³/mol. The van der Waals surface area contributed by atoms with Gasteiger partial charge in [-0.1, -0.05) is 17.4 Å². The molecule has 0 atom stereocenters. The Morgan fingerprint density at radius 1 is 1.42 bits per heavy atom. The van der Waals surface area contributed by atoms with Crippen molar-refractivity contribution in [3.05, 3.63) is 23.8 Å². The number of aryl methyl sites for hydroxylation is 1. The molecule has 2 aromatic rings. The van der Waals surface area contributed by atoms with E-state index < -0.39 is 0 Å². The molecule has 1 fully saturated rings. The Labute approximate surface area is 144 Å². The van der Waals surface area contributed by atoms with Crippen molar-refractivity contribution in [1.82, 2.24) is 20.5 Å². The Morgan fingerprint density at radius 3 is 2.92 bits per heavy atom. The van der Waals surface area contributed by atoms with Gasteiger partial charge >= 0.3 is 0 Å². The number of amides is 2. The third kappa shape index (κ3) is 4.08. The quantitative estimate of drug-likeness (QED) is 0.711. The van der Waals surface area contributed by atoms with Crippen LogP contribution in [0, 0.1) is 6.92 Å². The van der Waals surface area contributed by atoms with E-state index in [0.29, 0.717) is 11.2 Å². The van der Waals surface area contributed by atoms with Gasteiger partial charge in [0.05, 0.1) is 23.3 Å². The number of nitrogens with one attached hydrogen (secondary N) is 3. The summed E-state index contributed by atoms with van der Waals surface area (Å²) in [5.41, 5.74) is 2.02. The molecular formula is C16H21N5O2S. The molecule has 3 N–H and O–H groups in total. The number of rotatable bonds is 6. The summed E-state index contributed by atoms with van der Waals surface area (Å²) < 4.78 is 1.04. The van der Waals surface area contributed by atoms with Crippen molar-refractivity contribution >= 4 is 38.5 Å². The zero-order valence-corrected chi connectivity index (χ0v) is 14.6. The van der Waals surface area contributed by atoms with Crippen LogP contribution >= 0.6 is 11.3 Å². The largest absolute Gasteiger partial charge is 0.335 e. The molecule has 128 valence electrons. The number of benzene rings is 1. The van der Waals surface area contributed by atoms with Crippen LogP contribution in [0.3, 0.4) is 0 Å². The molecule has 1 aliphatic heterocycles. The van der Waals surface area contributed by atoms with Crippen molar-refractivity contribution < 1.29 is 9.59 Å². The molecule has 0 spiro atoms. The van der Waals surface area contributed by atoms with E-state index >= 15 is 0 Å². The average Bonchev–Trinajstić information content (AvgIpc) is 2.86. The van der Waals surface area contributed by atoms with Crippen molar-refractivity contribution in [3.63, 3.8) is 0 Å². The fraction of sp³-hybridized carbons (Fsp3) is 0.438. The van der Waals surface area contributed by atoms with Crippen molar-refractivity contribution in [1.29, 1.82) is 0 Å². The standard InChI is InChI=1S/C16H21N5O2S/c1-10-3-4-12-13(5-10)24-16(19-12)20-14(22)9-21(2)15(23)8-18-11-6-17-7-11/h3-5,11,17-18H,6-9H2,1-2H3,(H,19,20,22). The van der Waals surface area contributed by atoms with E-state index in [-0.39, 0.29) is 24.9 Å².